The van der Waals surface area contributed by atoms with E-state index in [9.17, 15) is 122 Å². The Morgan fingerprint density at radius 1 is 0.505 bits per heavy atom. The zero-order valence-electron chi connectivity index (χ0n) is 60.9. The first kappa shape index (κ1) is 92.6. The first-order chi connectivity index (χ1) is 52.2. The number of phenols is 1. The van der Waals surface area contributed by atoms with Crippen molar-refractivity contribution in [2.45, 2.75) is 196 Å². The number of aliphatic hydroxyl groups excluding tert-OH is 6. The number of aliphatic hydroxyl groups is 6. The number of carboxylic acids is 1. The Bertz CT molecular complexity index is 3640. The number of aliphatic carboxylic acids is 1. The maximum absolute atomic E-state index is 14.9. The molecule has 20 atom stereocenters. The summed E-state index contributed by atoms with van der Waals surface area (Å²) in [6.07, 6.45) is -18.7. The summed E-state index contributed by atoms with van der Waals surface area (Å²) in [4.78, 5) is 228. The minimum atomic E-state index is -2.23. The number of ether oxygens (including phenoxy) is 5. The Morgan fingerprint density at radius 2 is 0.973 bits per heavy atom. The minimum Gasteiger partial charge on any atom is -0.508 e. The van der Waals surface area contributed by atoms with Crippen molar-refractivity contribution in [2.75, 3.05) is 38.7 Å². The van der Waals surface area contributed by atoms with Gasteiger partial charge in [-0.3, -0.25) is 76.7 Å². The van der Waals surface area contributed by atoms with Gasteiger partial charge in [0.1, 0.15) is 97.2 Å². The fraction of sp³-hybridized carbons (Fsp3) is 0.561. The van der Waals surface area contributed by atoms with Crippen LogP contribution in [-0.4, -0.2) is 302 Å². The van der Waals surface area contributed by atoms with Crippen molar-refractivity contribution in [3.05, 3.63) is 65.7 Å². The van der Waals surface area contributed by atoms with E-state index in [0.29, 0.717) is 0 Å². The lowest BCUT2D eigenvalue weighted by molar-refractivity contribution is -0.228. The highest BCUT2D eigenvalue weighted by atomic mass is 32.1. The van der Waals surface area contributed by atoms with Crippen LogP contribution in [-0.2, 0) is 118 Å². The number of thiol groups is 1. The molecule has 2 aliphatic rings. The molecular weight excluding hydrogens is 1500 g/mol. The second kappa shape index (κ2) is 44.8. The van der Waals surface area contributed by atoms with Crippen molar-refractivity contribution in [3.63, 3.8) is 0 Å². The molecule has 2 unspecified atom stereocenters. The van der Waals surface area contributed by atoms with E-state index in [-0.39, 0.29) is 22.6 Å². The molecule has 111 heavy (non-hydrogen) atoms. The number of nitrogens with one attached hydrogen (secondary N) is 13. The lowest BCUT2D eigenvalue weighted by Gasteiger charge is -2.45. The first-order valence-corrected chi connectivity index (χ1v) is 34.7. The molecule has 0 saturated carbocycles. The smallest absolute Gasteiger partial charge is 0.328 e. The van der Waals surface area contributed by atoms with Crippen LogP contribution in [0.25, 0.3) is 0 Å². The second-order valence-electron chi connectivity index (χ2n) is 25.5. The molecule has 2 aliphatic heterocycles. The van der Waals surface area contributed by atoms with Gasteiger partial charge in [-0.05, 0) is 37.1 Å². The van der Waals surface area contributed by atoms with E-state index in [0.717, 1.165) is 48.5 Å². The van der Waals surface area contributed by atoms with E-state index in [1.54, 1.807) is 6.07 Å². The van der Waals surface area contributed by atoms with Gasteiger partial charge in [-0.15, -0.1) is 0 Å². The molecule has 2 fully saturated rings. The molecule has 45 heteroatoms. The van der Waals surface area contributed by atoms with Gasteiger partial charge in [0.05, 0.1) is 51.4 Å². The topological polar surface area (TPSA) is 681 Å². The third-order valence-electron chi connectivity index (χ3n) is 16.4. The van der Waals surface area contributed by atoms with Crippen molar-refractivity contribution in [1.29, 1.82) is 0 Å². The number of hydrogen-bond acceptors (Lipinski definition) is 31. The van der Waals surface area contributed by atoms with Gasteiger partial charge in [0.2, 0.25) is 76.8 Å². The number of esters is 3. The Hall–Kier alpha value is -10.8. The number of hydrogen-bond donors (Lipinski definition) is 23. The van der Waals surface area contributed by atoms with Crippen molar-refractivity contribution >= 4 is 113 Å². The Labute approximate surface area is 637 Å². The van der Waals surface area contributed by atoms with Crippen LogP contribution in [0.3, 0.4) is 0 Å². The van der Waals surface area contributed by atoms with E-state index in [2.05, 4.69) is 76.4 Å². The zero-order chi connectivity index (χ0) is 83.3. The first-order valence-electron chi connectivity index (χ1n) is 34.1. The third-order valence-corrected chi connectivity index (χ3v) is 16.8. The van der Waals surface area contributed by atoms with Crippen LogP contribution in [0.1, 0.15) is 72.4 Å². The molecule has 44 nitrogen and oxygen atoms in total. The maximum atomic E-state index is 14.9. The maximum Gasteiger partial charge on any atom is 0.328 e. The molecule has 13 amide bonds. The molecular formula is C66H94N14O30S. The van der Waals surface area contributed by atoms with Gasteiger partial charge in [-0.1, -0.05) is 42.5 Å². The van der Waals surface area contributed by atoms with E-state index >= 15 is 0 Å². The standard InChI is InChI=1S/C66H94N14O30S/c1-27(69-59(99)41(73-57(97)37(67)26-111)20-47(92)78-64-50(70-29(3)85)53(95)52(94)44(24-83)109-64)56(96)80-49(28(2)84)63(103)76-39(17-34-11-9-8-10-12-34)60(100)75-40(19-46(91)79-65-51(71-30(4)86)55(108-33(7)89)54(107-32(6)88)45(110-65)25-106-31(5)87)58(98)68-21-48(93)72-42(22-81)62(102)74-38(18-35-13-15-36(90)16-14-35)61(101)77-43(23-82)66(104)105/h8-16,27-28,37-45,49-55,64-65,81-84,90,94-95,111H,17-26,67H2,1-7H3,(H,68,98)(H,69,99)(H,70,85)(H,71,86)(H,72,93)(H,73,97)(H,74,102)(H,75,100)(H,76,103)(H,77,101)(H,78,92)(H,79,91)(H,80,96)(H,104,105)/t27-,28?,37-,38-,39?,40-,41-,42-,43-,44+,45+,49-,50+,51+,52+,53+,54+,55+,64+,65+/m0/s1. The summed E-state index contributed by atoms with van der Waals surface area (Å²) in [5, 5.41) is 111. The van der Waals surface area contributed by atoms with Crippen molar-refractivity contribution in [3.8, 4) is 5.75 Å². The number of aromatic hydroxyl groups is 1. The van der Waals surface area contributed by atoms with Gasteiger partial charge >= 0.3 is 23.9 Å². The van der Waals surface area contributed by atoms with Gasteiger partial charge in [0.25, 0.3) is 0 Å². The number of nitrogens with two attached hydrogens (primary N) is 1. The quantitative estimate of drug-likeness (QED) is 0.0167. The number of phenolic OH excluding ortho intramolecular Hbond substituents is 1. The summed E-state index contributed by atoms with van der Waals surface area (Å²) < 4.78 is 27.6. The second-order valence-corrected chi connectivity index (χ2v) is 25.8. The number of rotatable bonds is 40. The normalized spacial score (nSPS) is 21.9. The highest BCUT2D eigenvalue weighted by Gasteiger charge is 2.52. The van der Waals surface area contributed by atoms with Crippen molar-refractivity contribution in [1.82, 2.24) is 69.1 Å². The van der Waals surface area contributed by atoms with Gasteiger partial charge in [0, 0.05) is 53.2 Å². The highest BCUT2D eigenvalue weighted by Crippen LogP contribution is 2.27. The Kier molecular flexibility index (Phi) is 37.3. The fourth-order valence-electron chi connectivity index (χ4n) is 10.9. The van der Waals surface area contributed by atoms with Gasteiger partial charge in [-0.2, -0.15) is 12.6 Å². The summed E-state index contributed by atoms with van der Waals surface area (Å²) >= 11 is 3.98. The molecule has 0 aromatic heterocycles. The lowest BCUT2D eigenvalue weighted by atomic mass is 9.94. The monoisotopic (exact) mass is 1590 g/mol. The SMILES string of the molecule is CC(=O)N[C@@H]1[C@@H](O)[C@H](O)[C@@H](CO)O[C@H]1NC(=O)C[C@H](NC(=O)[C@@H](N)CS)C(=O)N[C@@H](C)C(=O)N[C@H](C(=O)NC(Cc1ccccc1)C(=O)N[C@@H](CC(=O)N[C@@H]1O[C@H](COC(C)=O)[C@@H](OC(C)=O)[C@H](OC(C)=O)[C@H]1NC(C)=O)C(=O)NCC(=O)N[C@@H](CO)C(=O)N[C@@H](Cc1ccc(O)cc1)C(=O)N[C@@H](CO)C(=O)O)C(C)O. The van der Waals surface area contributed by atoms with Crippen LogP contribution in [0, 0.1) is 0 Å². The highest BCUT2D eigenvalue weighted by molar-refractivity contribution is 7.80. The van der Waals surface area contributed by atoms with Crippen LogP contribution in [0.15, 0.2) is 54.6 Å². The molecule has 2 saturated heterocycles. The summed E-state index contributed by atoms with van der Waals surface area (Å²) in [5.74, 6) is -20.6. The van der Waals surface area contributed by atoms with Crippen LogP contribution in [0.5, 0.6) is 5.75 Å². The number of carboxylic acid groups (broad SMARTS) is 1. The summed E-state index contributed by atoms with van der Waals surface area (Å²) in [5.41, 5.74) is 6.38. The molecule has 0 radical (unpaired) electrons. The zero-order valence-corrected chi connectivity index (χ0v) is 61.8. The number of benzene rings is 2. The molecule has 4 rings (SSSR count). The van der Waals surface area contributed by atoms with E-state index in [1.165, 1.54) is 48.5 Å². The van der Waals surface area contributed by atoms with Crippen molar-refractivity contribution < 1.29 is 146 Å². The Morgan fingerprint density at radius 3 is 1.48 bits per heavy atom. The molecule has 0 aliphatic carbocycles. The average Bonchev–Trinajstić information content (AvgIpc) is 0.788. The van der Waals surface area contributed by atoms with E-state index in [4.69, 9.17) is 29.4 Å². The lowest BCUT2D eigenvalue weighted by Crippen LogP contribution is -2.69. The molecule has 23 N–H and O–H groups in total. The largest absolute Gasteiger partial charge is 0.508 e. The molecule has 2 aromatic rings. The molecule has 614 valence electrons. The fourth-order valence-corrected chi connectivity index (χ4v) is 11.0. The predicted molar refractivity (Wildman–Crippen MR) is 376 cm³/mol. The van der Waals surface area contributed by atoms with E-state index in [1.807, 2.05) is 5.32 Å². The van der Waals surface area contributed by atoms with Gasteiger partial charge in [0.15, 0.2) is 24.7 Å². The van der Waals surface area contributed by atoms with E-state index < -0.39 is 281 Å². The average molecular weight is 1600 g/mol. The molecule has 2 heterocycles. The minimum absolute atomic E-state index is 0.198. The molecule has 2 aromatic carbocycles. The van der Waals surface area contributed by atoms with Crippen LogP contribution in [0.2, 0.25) is 0 Å². The number of amides is 13. The van der Waals surface area contributed by atoms with Gasteiger partial charge < -0.3 is 139 Å². The third kappa shape index (κ3) is 29.9. The van der Waals surface area contributed by atoms with Crippen molar-refractivity contribution in [2.24, 2.45) is 5.73 Å². The van der Waals surface area contributed by atoms with Gasteiger partial charge in [-0.25, -0.2) is 4.79 Å². The van der Waals surface area contributed by atoms with Crippen LogP contribution < -0.4 is 74.9 Å². The van der Waals surface area contributed by atoms with Crippen LogP contribution >= 0.6 is 12.6 Å². The molecule has 0 spiro atoms. The predicted octanol–water partition coefficient (Wildman–Crippen LogP) is -11.5. The molecule has 0 bridgehead atoms. The number of carbonyl (C=O) groups is 17. The Balaban J connectivity index is 1.71. The number of carbonyl (C=O) groups excluding carboxylic acids is 16. The summed E-state index contributed by atoms with van der Waals surface area (Å²) in [6, 6.07) is -7.40. The summed E-state index contributed by atoms with van der Waals surface area (Å²) in [7, 11) is 0. The summed E-state index contributed by atoms with van der Waals surface area (Å²) in [6.45, 7) is 1.85. The van der Waals surface area contributed by atoms with Crippen LogP contribution in [0.4, 0.5) is 0 Å².